The van der Waals surface area contributed by atoms with Crippen molar-refractivity contribution >= 4 is 17.7 Å². The number of ketones is 1. The Balaban J connectivity index is 3.95. The average Bonchev–Trinajstić information content (AvgIpc) is 2.22. The van der Waals surface area contributed by atoms with Gasteiger partial charge in [0.15, 0.2) is 5.78 Å². The normalized spacial score (nSPS) is 11.6. The lowest BCUT2D eigenvalue weighted by Crippen LogP contribution is -2.41. The molecule has 0 bridgehead atoms. The van der Waals surface area contributed by atoms with E-state index in [1.165, 1.54) is 6.92 Å². The van der Waals surface area contributed by atoms with Gasteiger partial charge in [0.05, 0.1) is 6.04 Å². The zero-order valence-electron chi connectivity index (χ0n) is 9.99. The number of carbonyl (C=O) groups is 3. The molecule has 0 aliphatic heterocycles. The Morgan fingerprint density at radius 1 is 1.29 bits per heavy atom. The Morgan fingerprint density at radius 3 is 2.41 bits per heavy atom. The van der Waals surface area contributed by atoms with E-state index in [0.717, 1.165) is 0 Å². The molecule has 17 heavy (non-hydrogen) atoms. The van der Waals surface area contributed by atoms with Crippen LogP contribution in [0.15, 0.2) is 0 Å². The van der Waals surface area contributed by atoms with Gasteiger partial charge in [0.25, 0.3) is 0 Å². The van der Waals surface area contributed by atoms with Gasteiger partial charge in [-0.1, -0.05) is 0 Å². The third kappa shape index (κ3) is 8.21. The number of nitrogens with two attached hydrogens (primary N) is 2. The predicted octanol–water partition coefficient (Wildman–Crippen LogP) is -1.14. The lowest BCUT2D eigenvalue weighted by Gasteiger charge is -2.15. The molecule has 6 N–H and O–H groups in total. The quantitative estimate of drug-likeness (QED) is 0.402. The highest BCUT2D eigenvalue weighted by Crippen LogP contribution is 1.98. The molecular formula is C10H20N4O3. The fraction of sp³-hybridized carbons (Fsp3) is 0.700. The Hall–Kier alpha value is -1.63. The third-order valence-corrected chi connectivity index (χ3v) is 2.17. The van der Waals surface area contributed by atoms with Crippen molar-refractivity contribution < 1.29 is 14.4 Å². The third-order valence-electron chi connectivity index (χ3n) is 2.17. The van der Waals surface area contributed by atoms with Crippen LogP contribution in [-0.4, -0.2) is 36.9 Å². The van der Waals surface area contributed by atoms with E-state index < -0.39 is 12.1 Å². The second-order valence-electron chi connectivity index (χ2n) is 3.70. The Morgan fingerprint density at radius 2 is 1.94 bits per heavy atom. The second-order valence-corrected chi connectivity index (χ2v) is 3.70. The van der Waals surface area contributed by atoms with Gasteiger partial charge in [-0.3, -0.25) is 9.59 Å². The minimum absolute atomic E-state index is 0.116. The molecule has 3 amide bonds. The number of primary amides is 1. The van der Waals surface area contributed by atoms with E-state index in [2.05, 4.69) is 10.6 Å². The summed E-state index contributed by atoms with van der Waals surface area (Å²) in [5.74, 6) is -0.356. The molecule has 0 saturated heterocycles. The van der Waals surface area contributed by atoms with Gasteiger partial charge in [-0.2, -0.15) is 0 Å². The monoisotopic (exact) mass is 244 g/mol. The molecule has 0 aromatic heterocycles. The van der Waals surface area contributed by atoms with E-state index in [1.54, 1.807) is 0 Å². The van der Waals surface area contributed by atoms with Gasteiger partial charge in [0.1, 0.15) is 0 Å². The molecule has 0 aromatic carbocycles. The second kappa shape index (κ2) is 8.51. The molecule has 0 aliphatic rings. The maximum Gasteiger partial charge on any atom is 0.312 e. The van der Waals surface area contributed by atoms with E-state index in [0.29, 0.717) is 19.4 Å². The van der Waals surface area contributed by atoms with E-state index in [9.17, 15) is 14.4 Å². The first-order chi connectivity index (χ1) is 7.97. The molecule has 0 aliphatic carbocycles. The summed E-state index contributed by atoms with van der Waals surface area (Å²) >= 11 is 0. The number of amides is 3. The van der Waals surface area contributed by atoms with Gasteiger partial charge in [-0.05, 0) is 19.8 Å². The first-order valence-electron chi connectivity index (χ1n) is 5.50. The lowest BCUT2D eigenvalue weighted by atomic mass is 10.1. The van der Waals surface area contributed by atoms with Crippen LogP contribution in [0.5, 0.6) is 0 Å². The van der Waals surface area contributed by atoms with Crippen LogP contribution in [0.4, 0.5) is 4.79 Å². The van der Waals surface area contributed by atoms with Crippen molar-refractivity contribution in [3.63, 3.8) is 0 Å². The van der Waals surface area contributed by atoms with Crippen molar-refractivity contribution in [3.8, 4) is 0 Å². The average molecular weight is 244 g/mol. The van der Waals surface area contributed by atoms with Crippen molar-refractivity contribution in [3.05, 3.63) is 0 Å². The predicted molar refractivity (Wildman–Crippen MR) is 63.1 cm³/mol. The molecular weight excluding hydrogens is 224 g/mol. The maximum atomic E-state index is 11.3. The van der Waals surface area contributed by atoms with Crippen LogP contribution in [0.2, 0.25) is 0 Å². The van der Waals surface area contributed by atoms with E-state index >= 15 is 0 Å². The van der Waals surface area contributed by atoms with Crippen LogP contribution >= 0.6 is 0 Å². The molecule has 7 heteroatoms. The zero-order chi connectivity index (χ0) is 13.3. The molecule has 0 spiro atoms. The number of hydrogen-bond acceptors (Lipinski definition) is 4. The van der Waals surface area contributed by atoms with Crippen molar-refractivity contribution in [2.45, 2.75) is 32.2 Å². The maximum absolute atomic E-state index is 11.3. The molecule has 1 atom stereocenters. The highest BCUT2D eigenvalue weighted by Gasteiger charge is 2.15. The Bertz CT molecular complexity index is 281. The topological polar surface area (TPSA) is 127 Å². The van der Waals surface area contributed by atoms with Crippen molar-refractivity contribution in [2.75, 3.05) is 13.1 Å². The fourth-order valence-electron chi connectivity index (χ4n) is 1.29. The Labute approximate surface area is 100 Å². The first-order valence-corrected chi connectivity index (χ1v) is 5.50. The first kappa shape index (κ1) is 15.4. The number of carbonyl (C=O) groups excluding carboxylic acids is 3. The smallest absolute Gasteiger partial charge is 0.312 e. The van der Waals surface area contributed by atoms with E-state index in [4.69, 9.17) is 11.5 Å². The van der Waals surface area contributed by atoms with Gasteiger partial charge < -0.3 is 22.1 Å². The minimum Gasteiger partial charge on any atom is -0.352 e. The van der Waals surface area contributed by atoms with Gasteiger partial charge >= 0.3 is 6.03 Å². The highest BCUT2D eigenvalue weighted by molar-refractivity contribution is 5.87. The minimum atomic E-state index is -0.600. The summed E-state index contributed by atoms with van der Waals surface area (Å²) < 4.78 is 0. The number of hydrogen-bond donors (Lipinski definition) is 4. The van der Waals surface area contributed by atoms with Crippen LogP contribution in [0, 0.1) is 0 Å². The van der Waals surface area contributed by atoms with Gasteiger partial charge in [0.2, 0.25) is 5.91 Å². The number of rotatable bonds is 8. The molecule has 0 saturated carbocycles. The van der Waals surface area contributed by atoms with Crippen molar-refractivity contribution in [1.29, 1.82) is 0 Å². The standard InChI is InChI=1S/C10H20N4O3/c1-7(15)8(14-9(16)4-5-11)3-2-6-13-10(12)17/h8H,2-6,11H2,1H3,(H,14,16)(H3,12,13,17). The molecule has 7 nitrogen and oxygen atoms in total. The number of Topliss-reactive ketones (excluding diaryl/α,β-unsaturated/α-hetero) is 1. The summed E-state index contributed by atoms with van der Waals surface area (Å²) in [7, 11) is 0. The van der Waals surface area contributed by atoms with Gasteiger partial charge in [0, 0.05) is 19.5 Å². The number of nitrogens with one attached hydrogen (secondary N) is 2. The fourth-order valence-corrected chi connectivity index (χ4v) is 1.29. The summed E-state index contributed by atoms with van der Waals surface area (Å²) in [6.07, 6.45) is 1.23. The molecule has 0 heterocycles. The Kier molecular flexibility index (Phi) is 7.70. The highest BCUT2D eigenvalue weighted by atomic mass is 16.2. The van der Waals surface area contributed by atoms with Crippen molar-refractivity contribution in [2.24, 2.45) is 11.5 Å². The molecule has 0 radical (unpaired) electrons. The SMILES string of the molecule is CC(=O)C(CCCNC(N)=O)NC(=O)CCN. The summed E-state index contributed by atoms with van der Waals surface area (Å²) in [6.45, 7) is 2.04. The zero-order valence-corrected chi connectivity index (χ0v) is 9.99. The van der Waals surface area contributed by atoms with Crippen LogP contribution in [0.3, 0.4) is 0 Å². The summed E-state index contributed by atoms with van der Waals surface area (Å²) in [5.41, 5.74) is 10.1. The summed E-state index contributed by atoms with van der Waals surface area (Å²) in [6, 6.07) is -1.12. The molecule has 0 aromatic rings. The van der Waals surface area contributed by atoms with Crippen molar-refractivity contribution in [1.82, 2.24) is 10.6 Å². The largest absolute Gasteiger partial charge is 0.352 e. The molecule has 1 unspecified atom stereocenters. The van der Waals surface area contributed by atoms with E-state index in [1.807, 2.05) is 0 Å². The van der Waals surface area contributed by atoms with Crippen LogP contribution in [-0.2, 0) is 9.59 Å². The number of urea groups is 1. The van der Waals surface area contributed by atoms with E-state index in [-0.39, 0.29) is 24.7 Å². The van der Waals surface area contributed by atoms with Crippen LogP contribution < -0.4 is 22.1 Å². The molecule has 98 valence electrons. The summed E-state index contributed by atoms with van der Waals surface area (Å²) in [5, 5.41) is 5.01. The summed E-state index contributed by atoms with van der Waals surface area (Å²) in [4.78, 5) is 32.9. The van der Waals surface area contributed by atoms with Crippen LogP contribution in [0.1, 0.15) is 26.2 Å². The van der Waals surface area contributed by atoms with Gasteiger partial charge in [-0.25, -0.2) is 4.79 Å². The lowest BCUT2D eigenvalue weighted by molar-refractivity contribution is -0.126. The van der Waals surface area contributed by atoms with Crippen LogP contribution in [0.25, 0.3) is 0 Å². The molecule has 0 rings (SSSR count). The molecule has 0 fully saturated rings. The van der Waals surface area contributed by atoms with Gasteiger partial charge in [-0.15, -0.1) is 0 Å².